The number of carbonyl (C=O) groups is 2. The zero-order valence-corrected chi connectivity index (χ0v) is 17.3. The van der Waals surface area contributed by atoms with Crippen molar-refractivity contribution in [1.82, 2.24) is 0 Å². The SMILES string of the molecule is COC(=O)C1=C2c3cc(OC)ccc3C23CCC2C=CC(C(C)OC(C)=O)(C1)C23. The van der Waals surface area contributed by atoms with Crippen molar-refractivity contribution in [3.8, 4) is 5.75 Å². The highest BCUT2D eigenvalue weighted by molar-refractivity contribution is 6.06. The molecule has 5 atom stereocenters. The van der Waals surface area contributed by atoms with Crippen LogP contribution in [-0.4, -0.2) is 32.3 Å². The fraction of sp³-hybridized carbons (Fsp3) is 0.500. The molecule has 1 aromatic carbocycles. The van der Waals surface area contributed by atoms with Crippen LogP contribution in [0.15, 0.2) is 35.9 Å². The van der Waals surface area contributed by atoms with E-state index in [4.69, 9.17) is 14.2 Å². The van der Waals surface area contributed by atoms with E-state index in [1.54, 1.807) is 7.11 Å². The lowest BCUT2D eigenvalue weighted by molar-refractivity contribution is -0.153. The zero-order chi connectivity index (χ0) is 20.6. The van der Waals surface area contributed by atoms with Crippen LogP contribution in [0.5, 0.6) is 5.75 Å². The molecule has 0 amide bonds. The van der Waals surface area contributed by atoms with Gasteiger partial charge in [0.05, 0.1) is 14.2 Å². The van der Waals surface area contributed by atoms with Crippen molar-refractivity contribution >= 4 is 17.5 Å². The van der Waals surface area contributed by atoms with Gasteiger partial charge in [0.25, 0.3) is 0 Å². The topological polar surface area (TPSA) is 61.8 Å². The van der Waals surface area contributed by atoms with Gasteiger partial charge in [-0.25, -0.2) is 4.79 Å². The second-order valence-corrected chi connectivity index (χ2v) is 8.81. The molecule has 4 aliphatic carbocycles. The number of hydrogen-bond acceptors (Lipinski definition) is 5. The summed E-state index contributed by atoms with van der Waals surface area (Å²) in [4.78, 5) is 24.7. The first kappa shape index (κ1) is 18.5. The molecule has 5 nitrogen and oxygen atoms in total. The minimum absolute atomic E-state index is 0.189. The number of methoxy groups -OCH3 is 2. The molecular formula is C24H26O5. The summed E-state index contributed by atoms with van der Waals surface area (Å²) in [5, 5.41) is 0. The third-order valence-corrected chi connectivity index (χ3v) is 7.80. The monoisotopic (exact) mass is 394 g/mol. The van der Waals surface area contributed by atoms with Gasteiger partial charge in [-0.1, -0.05) is 18.2 Å². The number of rotatable bonds is 4. The third-order valence-electron chi connectivity index (χ3n) is 7.80. The molecule has 5 unspecified atom stereocenters. The predicted molar refractivity (Wildman–Crippen MR) is 107 cm³/mol. The van der Waals surface area contributed by atoms with Gasteiger partial charge in [-0.3, -0.25) is 4.79 Å². The first-order valence-corrected chi connectivity index (χ1v) is 10.3. The fourth-order valence-electron chi connectivity index (χ4n) is 6.88. The maximum absolute atomic E-state index is 12.9. The Morgan fingerprint density at radius 1 is 1.24 bits per heavy atom. The Morgan fingerprint density at radius 2 is 2.03 bits per heavy atom. The molecule has 5 rings (SSSR count). The van der Waals surface area contributed by atoms with Gasteiger partial charge in [-0.15, -0.1) is 0 Å². The molecule has 5 heteroatoms. The quantitative estimate of drug-likeness (QED) is 0.574. The van der Waals surface area contributed by atoms with Gasteiger partial charge in [-0.2, -0.15) is 0 Å². The Labute approximate surface area is 170 Å². The highest BCUT2D eigenvalue weighted by atomic mass is 16.5. The van der Waals surface area contributed by atoms with Crippen molar-refractivity contribution in [2.24, 2.45) is 17.3 Å². The first-order valence-electron chi connectivity index (χ1n) is 10.3. The van der Waals surface area contributed by atoms with E-state index in [9.17, 15) is 9.59 Å². The van der Waals surface area contributed by atoms with Crippen LogP contribution in [0.2, 0.25) is 0 Å². The summed E-state index contributed by atoms with van der Waals surface area (Å²) < 4.78 is 16.4. The largest absolute Gasteiger partial charge is 0.497 e. The molecule has 1 aromatic rings. The Morgan fingerprint density at radius 3 is 2.72 bits per heavy atom. The van der Waals surface area contributed by atoms with E-state index >= 15 is 0 Å². The summed E-state index contributed by atoms with van der Waals surface area (Å²) in [6.45, 7) is 3.41. The predicted octanol–water partition coefficient (Wildman–Crippen LogP) is 3.81. The normalized spacial score (nSPS) is 33.9. The van der Waals surface area contributed by atoms with Crippen LogP contribution in [0.3, 0.4) is 0 Å². The van der Waals surface area contributed by atoms with Gasteiger partial charge in [-0.05, 0) is 66.9 Å². The Kier molecular flexibility index (Phi) is 3.80. The number of carbonyl (C=O) groups excluding carboxylic acids is 2. The lowest BCUT2D eigenvalue weighted by atomic mass is 9.44. The van der Waals surface area contributed by atoms with Crippen LogP contribution in [0.1, 0.15) is 44.2 Å². The minimum Gasteiger partial charge on any atom is -0.497 e. The smallest absolute Gasteiger partial charge is 0.334 e. The molecular weight excluding hydrogens is 368 g/mol. The standard InChI is InChI=1S/C24H26O5/c1-13(29-14(2)25)23-9-7-15-8-10-24(21(15)23)19-6-5-16(27-3)11-17(19)20(24)18(12-23)22(26)28-4/h5-7,9,11,13,15,21H,8,10,12H2,1-4H3. The lowest BCUT2D eigenvalue weighted by Crippen LogP contribution is -2.56. The average Bonchev–Trinajstić information content (AvgIpc) is 3.28. The number of esters is 2. The molecule has 0 N–H and O–H groups in total. The zero-order valence-electron chi connectivity index (χ0n) is 17.3. The number of fused-ring (bicyclic) bond motifs is 2. The van der Waals surface area contributed by atoms with Crippen LogP contribution in [0.25, 0.3) is 5.57 Å². The molecule has 0 aliphatic heterocycles. The number of ether oxygens (including phenoxy) is 3. The maximum Gasteiger partial charge on any atom is 0.334 e. The fourth-order valence-corrected chi connectivity index (χ4v) is 6.88. The van der Waals surface area contributed by atoms with E-state index in [0.717, 1.165) is 35.3 Å². The summed E-state index contributed by atoms with van der Waals surface area (Å²) >= 11 is 0. The van der Waals surface area contributed by atoms with Crippen molar-refractivity contribution < 1.29 is 23.8 Å². The van der Waals surface area contributed by atoms with Crippen molar-refractivity contribution in [1.29, 1.82) is 0 Å². The van der Waals surface area contributed by atoms with Gasteiger partial charge >= 0.3 is 11.9 Å². The number of allylic oxidation sites excluding steroid dienone is 2. The van der Waals surface area contributed by atoms with Gasteiger partial charge in [0, 0.05) is 23.3 Å². The molecule has 1 saturated carbocycles. The van der Waals surface area contributed by atoms with Crippen molar-refractivity contribution in [2.75, 3.05) is 14.2 Å². The summed E-state index contributed by atoms with van der Waals surface area (Å²) in [5.41, 5.74) is 3.65. The van der Waals surface area contributed by atoms with E-state index in [-0.39, 0.29) is 29.4 Å². The minimum atomic E-state index is -0.391. The molecule has 0 bridgehead atoms. The van der Waals surface area contributed by atoms with Crippen LogP contribution in [0, 0.1) is 17.3 Å². The van der Waals surface area contributed by atoms with Crippen LogP contribution in [0.4, 0.5) is 0 Å². The van der Waals surface area contributed by atoms with E-state index in [2.05, 4.69) is 18.2 Å². The van der Waals surface area contributed by atoms with E-state index in [1.807, 2.05) is 19.1 Å². The van der Waals surface area contributed by atoms with Crippen molar-refractivity contribution in [2.45, 2.75) is 44.6 Å². The molecule has 29 heavy (non-hydrogen) atoms. The maximum atomic E-state index is 12.9. The van der Waals surface area contributed by atoms with Crippen LogP contribution in [-0.2, 0) is 24.5 Å². The van der Waals surface area contributed by atoms with E-state index in [0.29, 0.717) is 12.3 Å². The van der Waals surface area contributed by atoms with E-state index < -0.39 is 5.41 Å². The Hall–Kier alpha value is -2.56. The molecule has 0 aromatic heterocycles. The van der Waals surface area contributed by atoms with Crippen LogP contribution < -0.4 is 4.74 Å². The first-order chi connectivity index (χ1) is 13.9. The molecule has 4 aliphatic rings. The molecule has 0 heterocycles. The molecule has 1 spiro atoms. The highest BCUT2D eigenvalue weighted by Crippen LogP contribution is 2.75. The van der Waals surface area contributed by atoms with Gasteiger partial charge < -0.3 is 14.2 Å². The van der Waals surface area contributed by atoms with Gasteiger partial charge in [0.1, 0.15) is 11.9 Å². The summed E-state index contributed by atoms with van der Waals surface area (Å²) in [6.07, 6.45) is 6.79. The molecule has 0 saturated heterocycles. The van der Waals surface area contributed by atoms with Crippen molar-refractivity contribution in [3.05, 3.63) is 47.1 Å². The average molecular weight is 394 g/mol. The molecule has 152 valence electrons. The summed E-state index contributed by atoms with van der Waals surface area (Å²) in [7, 11) is 3.09. The Bertz CT molecular complexity index is 989. The summed E-state index contributed by atoms with van der Waals surface area (Å²) in [6, 6.07) is 6.20. The van der Waals surface area contributed by atoms with Gasteiger partial charge in [0.2, 0.25) is 0 Å². The van der Waals surface area contributed by atoms with E-state index in [1.165, 1.54) is 19.6 Å². The number of benzene rings is 1. The molecule has 1 fully saturated rings. The second-order valence-electron chi connectivity index (χ2n) is 8.81. The number of hydrogen-bond donors (Lipinski definition) is 0. The highest BCUT2D eigenvalue weighted by Gasteiger charge is 2.70. The van der Waals surface area contributed by atoms with Crippen molar-refractivity contribution in [3.63, 3.8) is 0 Å². The van der Waals surface area contributed by atoms with Gasteiger partial charge in [0.15, 0.2) is 0 Å². The third kappa shape index (κ3) is 2.11. The Balaban J connectivity index is 1.75. The molecule has 0 radical (unpaired) electrons. The lowest BCUT2D eigenvalue weighted by Gasteiger charge is -2.58. The second kappa shape index (κ2) is 5.97. The summed E-state index contributed by atoms with van der Waals surface area (Å²) in [5.74, 6) is 0.930. The van der Waals surface area contributed by atoms with Crippen LogP contribution >= 0.6 is 0 Å².